The Hall–Kier alpha value is -2.13. The molecule has 3 nitrogen and oxygen atoms in total. The molecule has 1 atom stereocenters. The van der Waals surface area contributed by atoms with E-state index in [1.165, 1.54) is 0 Å². The Morgan fingerprint density at radius 1 is 1.05 bits per heavy atom. The molecule has 98 valence electrons. The Morgan fingerprint density at radius 2 is 1.74 bits per heavy atom. The third-order valence-corrected chi connectivity index (χ3v) is 3.30. The lowest BCUT2D eigenvalue weighted by Gasteiger charge is -2.15. The number of nitrogens with one attached hydrogen (secondary N) is 1. The minimum absolute atomic E-state index is 0.195. The minimum Gasteiger partial charge on any atom is -0.324 e. The number of carbonyl (C=O) groups is 1. The molecular weight excluding hydrogens is 236 g/mol. The third-order valence-electron chi connectivity index (χ3n) is 3.30. The fourth-order valence-electron chi connectivity index (χ4n) is 1.91. The molecule has 19 heavy (non-hydrogen) atoms. The van der Waals surface area contributed by atoms with Crippen LogP contribution in [-0.4, -0.2) is 5.91 Å². The highest BCUT2D eigenvalue weighted by Gasteiger charge is 2.16. The Bertz CT molecular complexity index is 579. The summed E-state index contributed by atoms with van der Waals surface area (Å²) in [4.78, 5) is 12.1. The standard InChI is InChI=1S/C16H18N2O/c1-11-7-6-10-14(12(11)2)18-16(19)15(17)13-8-4-3-5-9-13/h3-10,15H,17H2,1-2H3,(H,18,19)/t15-/m0/s1. The van der Waals surface area contributed by atoms with Gasteiger partial charge < -0.3 is 11.1 Å². The average molecular weight is 254 g/mol. The molecule has 0 fully saturated rings. The summed E-state index contributed by atoms with van der Waals surface area (Å²) in [5.74, 6) is -0.195. The van der Waals surface area contributed by atoms with Gasteiger partial charge in [-0.15, -0.1) is 0 Å². The molecule has 0 aliphatic heterocycles. The molecular formula is C16H18N2O. The molecule has 0 unspecified atom stereocenters. The zero-order chi connectivity index (χ0) is 13.8. The van der Waals surface area contributed by atoms with Gasteiger partial charge in [-0.1, -0.05) is 42.5 Å². The van der Waals surface area contributed by atoms with E-state index in [9.17, 15) is 4.79 Å². The van der Waals surface area contributed by atoms with Crippen molar-refractivity contribution in [2.24, 2.45) is 5.73 Å². The Labute approximate surface area is 113 Å². The highest BCUT2D eigenvalue weighted by molar-refractivity contribution is 5.96. The lowest BCUT2D eigenvalue weighted by Crippen LogP contribution is -2.28. The van der Waals surface area contributed by atoms with Crippen molar-refractivity contribution in [3.05, 3.63) is 65.2 Å². The number of amides is 1. The zero-order valence-corrected chi connectivity index (χ0v) is 11.2. The number of aryl methyl sites for hydroxylation is 1. The van der Waals surface area contributed by atoms with E-state index in [1.54, 1.807) is 0 Å². The molecule has 3 heteroatoms. The van der Waals surface area contributed by atoms with Gasteiger partial charge in [0.15, 0.2) is 0 Å². The van der Waals surface area contributed by atoms with E-state index in [4.69, 9.17) is 5.73 Å². The van der Waals surface area contributed by atoms with Crippen LogP contribution in [0.1, 0.15) is 22.7 Å². The first kappa shape index (κ1) is 13.3. The number of anilines is 1. The molecule has 2 rings (SSSR count). The van der Waals surface area contributed by atoms with Crippen LogP contribution in [0.25, 0.3) is 0 Å². The van der Waals surface area contributed by atoms with Crippen molar-refractivity contribution in [3.8, 4) is 0 Å². The minimum atomic E-state index is -0.652. The molecule has 0 saturated heterocycles. The van der Waals surface area contributed by atoms with Crippen LogP contribution < -0.4 is 11.1 Å². The van der Waals surface area contributed by atoms with Gasteiger partial charge in [-0.2, -0.15) is 0 Å². The summed E-state index contributed by atoms with van der Waals surface area (Å²) in [5.41, 5.74) is 9.80. The summed E-state index contributed by atoms with van der Waals surface area (Å²) < 4.78 is 0. The SMILES string of the molecule is Cc1cccc(NC(=O)[C@@H](N)c2ccccc2)c1C. The zero-order valence-electron chi connectivity index (χ0n) is 11.2. The maximum atomic E-state index is 12.1. The Balaban J connectivity index is 2.15. The average Bonchev–Trinajstić information content (AvgIpc) is 2.44. The first-order valence-electron chi connectivity index (χ1n) is 6.27. The van der Waals surface area contributed by atoms with Gasteiger partial charge in [-0.05, 0) is 36.6 Å². The van der Waals surface area contributed by atoms with Crippen LogP contribution in [0.15, 0.2) is 48.5 Å². The van der Waals surface area contributed by atoms with Gasteiger partial charge in [0.2, 0.25) is 5.91 Å². The van der Waals surface area contributed by atoms with Gasteiger partial charge in [0.1, 0.15) is 6.04 Å². The highest BCUT2D eigenvalue weighted by atomic mass is 16.2. The van der Waals surface area contributed by atoms with Crippen LogP contribution in [0, 0.1) is 13.8 Å². The van der Waals surface area contributed by atoms with E-state index in [-0.39, 0.29) is 5.91 Å². The van der Waals surface area contributed by atoms with Crippen molar-refractivity contribution in [1.82, 2.24) is 0 Å². The molecule has 1 amide bonds. The Morgan fingerprint density at radius 3 is 2.42 bits per heavy atom. The van der Waals surface area contributed by atoms with Crippen molar-refractivity contribution < 1.29 is 4.79 Å². The van der Waals surface area contributed by atoms with E-state index in [2.05, 4.69) is 5.32 Å². The molecule has 0 radical (unpaired) electrons. The third kappa shape index (κ3) is 3.01. The van der Waals surface area contributed by atoms with Crippen molar-refractivity contribution in [1.29, 1.82) is 0 Å². The number of benzene rings is 2. The topological polar surface area (TPSA) is 55.1 Å². The van der Waals surface area contributed by atoms with Crippen molar-refractivity contribution in [3.63, 3.8) is 0 Å². The summed E-state index contributed by atoms with van der Waals surface area (Å²) in [6.07, 6.45) is 0. The summed E-state index contributed by atoms with van der Waals surface area (Å²) >= 11 is 0. The molecule has 0 spiro atoms. The quantitative estimate of drug-likeness (QED) is 0.884. The first-order valence-corrected chi connectivity index (χ1v) is 6.27. The van der Waals surface area contributed by atoms with Crippen molar-refractivity contribution >= 4 is 11.6 Å². The van der Waals surface area contributed by atoms with E-state index >= 15 is 0 Å². The van der Waals surface area contributed by atoms with Crippen LogP contribution in [0.3, 0.4) is 0 Å². The van der Waals surface area contributed by atoms with Crippen molar-refractivity contribution in [2.45, 2.75) is 19.9 Å². The molecule has 0 aliphatic rings. The summed E-state index contributed by atoms with van der Waals surface area (Å²) in [6, 6.07) is 14.5. The van der Waals surface area contributed by atoms with E-state index in [0.29, 0.717) is 0 Å². The predicted molar refractivity (Wildman–Crippen MR) is 77.9 cm³/mol. The summed E-state index contributed by atoms with van der Waals surface area (Å²) in [7, 11) is 0. The molecule has 2 aromatic carbocycles. The summed E-state index contributed by atoms with van der Waals surface area (Å²) in [6.45, 7) is 4.00. The largest absolute Gasteiger partial charge is 0.324 e. The van der Waals surface area contributed by atoms with E-state index in [1.807, 2.05) is 62.4 Å². The van der Waals surface area contributed by atoms with E-state index < -0.39 is 6.04 Å². The van der Waals surface area contributed by atoms with Crippen LogP contribution in [0.5, 0.6) is 0 Å². The lowest BCUT2D eigenvalue weighted by atomic mass is 10.1. The van der Waals surface area contributed by atoms with Gasteiger partial charge in [0.05, 0.1) is 0 Å². The van der Waals surface area contributed by atoms with Gasteiger partial charge >= 0.3 is 0 Å². The van der Waals surface area contributed by atoms with Crippen LogP contribution in [-0.2, 0) is 4.79 Å². The maximum Gasteiger partial charge on any atom is 0.245 e. The second-order valence-electron chi connectivity index (χ2n) is 4.63. The first-order chi connectivity index (χ1) is 9.09. The number of hydrogen-bond acceptors (Lipinski definition) is 2. The van der Waals surface area contributed by atoms with E-state index in [0.717, 1.165) is 22.4 Å². The van der Waals surface area contributed by atoms with Gasteiger partial charge in [0, 0.05) is 5.69 Å². The normalized spacial score (nSPS) is 11.9. The fourth-order valence-corrected chi connectivity index (χ4v) is 1.91. The predicted octanol–water partition coefficient (Wildman–Crippen LogP) is 2.94. The summed E-state index contributed by atoms with van der Waals surface area (Å²) in [5, 5.41) is 2.89. The second-order valence-corrected chi connectivity index (χ2v) is 4.63. The van der Waals surface area contributed by atoms with Gasteiger partial charge in [-0.25, -0.2) is 0 Å². The molecule has 3 N–H and O–H groups in total. The molecule has 0 saturated carbocycles. The lowest BCUT2D eigenvalue weighted by molar-refractivity contribution is -0.117. The van der Waals surface area contributed by atoms with Gasteiger partial charge in [-0.3, -0.25) is 4.79 Å². The molecule has 0 heterocycles. The monoisotopic (exact) mass is 254 g/mol. The van der Waals surface area contributed by atoms with Crippen molar-refractivity contribution in [2.75, 3.05) is 5.32 Å². The van der Waals surface area contributed by atoms with Crippen LogP contribution >= 0.6 is 0 Å². The molecule has 0 aliphatic carbocycles. The highest BCUT2D eigenvalue weighted by Crippen LogP contribution is 2.19. The Kier molecular flexibility index (Phi) is 3.97. The number of nitrogens with two attached hydrogens (primary N) is 1. The van der Waals surface area contributed by atoms with Gasteiger partial charge in [0.25, 0.3) is 0 Å². The maximum absolute atomic E-state index is 12.1. The fraction of sp³-hybridized carbons (Fsp3) is 0.188. The van der Waals surface area contributed by atoms with Crippen LogP contribution in [0.4, 0.5) is 5.69 Å². The molecule has 0 aromatic heterocycles. The number of rotatable bonds is 3. The number of hydrogen-bond donors (Lipinski definition) is 2. The second kappa shape index (κ2) is 5.67. The molecule has 0 bridgehead atoms. The molecule has 2 aromatic rings. The van der Waals surface area contributed by atoms with Crippen LogP contribution in [0.2, 0.25) is 0 Å². The number of carbonyl (C=O) groups excluding carboxylic acids is 1. The smallest absolute Gasteiger partial charge is 0.245 e.